The fraction of sp³-hybridized carbons (Fsp3) is 1.00. The van der Waals surface area contributed by atoms with Crippen molar-refractivity contribution in [2.24, 2.45) is 5.73 Å². The van der Waals surface area contributed by atoms with Gasteiger partial charge in [0.2, 0.25) is 0 Å². The summed E-state index contributed by atoms with van der Waals surface area (Å²) in [6, 6.07) is 0. The Morgan fingerprint density at radius 3 is 2.14 bits per heavy atom. The standard InChI is InChI=1S/C5H13NO/c1-3-5(2,6)4-7/h7H,3-4,6H2,1-2H3/t5-/m0/s1. The van der Waals surface area contributed by atoms with Gasteiger partial charge in [-0.2, -0.15) is 0 Å². The summed E-state index contributed by atoms with van der Waals surface area (Å²) >= 11 is 0. The van der Waals surface area contributed by atoms with Gasteiger partial charge < -0.3 is 10.8 Å². The van der Waals surface area contributed by atoms with Crippen LogP contribution < -0.4 is 5.73 Å². The molecule has 0 bridgehead atoms. The molecule has 0 spiro atoms. The van der Waals surface area contributed by atoms with Crippen molar-refractivity contribution >= 4 is 0 Å². The van der Waals surface area contributed by atoms with E-state index < -0.39 is 0 Å². The molecule has 0 aromatic carbocycles. The Morgan fingerprint density at radius 1 is 1.71 bits per heavy atom. The van der Waals surface area contributed by atoms with Gasteiger partial charge in [0, 0.05) is 5.54 Å². The van der Waals surface area contributed by atoms with Crippen LogP contribution in [0.5, 0.6) is 0 Å². The van der Waals surface area contributed by atoms with E-state index in [4.69, 9.17) is 10.8 Å². The van der Waals surface area contributed by atoms with Crippen LogP contribution in [-0.2, 0) is 0 Å². The quantitative estimate of drug-likeness (QED) is 0.521. The number of hydrogen-bond acceptors (Lipinski definition) is 2. The molecule has 44 valence electrons. The van der Waals surface area contributed by atoms with E-state index in [0.29, 0.717) is 0 Å². The molecule has 0 fully saturated rings. The van der Waals surface area contributed by atoms with Crippen molar-refractivity contribution in [2.45, 2.75) is 25.8 Å². The molecule has 7 heavy (non-hydrogen) atoms. The van der Waals surface area contributed by atoms with Crippen molar-refractivity contribution in [3.63, 3.8) is 0 Å². The second-order valence-corrected chi connectivity index (χ2v) is 2.17. The Kier molecular flexibility index (Phi) is 2.26. The van der Waals surface area contributed by atoms with E-state index in [-0.39, 0.29) is 12.1 Å². The summed E-state index contributed by atoms with van der Waals surface area (Å²) in [5, 5.41) is 8.47. The molecule has 2 heteroatoms. The summed E-state index contributed by atoms with van der Waals surface area (Å²) in [4.78, 5) is 0. The molecule has 1 atom stereocenters. The maximum atomic E-state index is 8.47. The first-order valence-electron chi connectivity index (χ1n) is 2.52. The molecule has 3 N–H and O–H groups in total. The van der Waals surface area contributed by atoms with E-state index in [1.54, 1.807) is 0 Å². The van der Waals surface area contributed by atoms with Gasteiger partial charge in [-0.15, -0.1) is 0 Å². The van der Waals surface area contributed by atoms with Crippen molar-refractivity contribution in [3.05, 3.63) is 0 Å². The Labute approximate surface area is 44.3 Å². The first-order chi connectivity index (χ1) is 3.12. The highest BCUT2D eigenvalue weighted by Gasteiger charge is 2.11. The molecule has 0 aromatic heterocycles. The summed E-state index contributed by atoms with van der Waals surface area (Å²) in [5.74, 6) is 0. The van der Waals surface area contributed by atoms with Crippen LogP contribution in [0.25, 0.3) is 0 Å². The van der Waals surface area contributed by atoms with Crippen LogP contribution in [-0.4, -0.2) is 17.3 Å². The lowest BCUT2D eigenvalue weighted by molar-refractivity contribution is 0.205. The van der Waals surface area contributed by atoms with Crippen LogP contribution in [0.15, 0.2) is 0 Å². The van der Waals surface area contributed by atoms with Crippen molar-refractivity contribution in [1.82, 2.24) is 0 Å². The van der Waals surface area contributed by atoms with E-state index >= 15 is 0 Å². The van der Waals surface area contributed by atoms with Crippen molar-refractivity contribution in [2.75, 3.05) is 6.61 Å². The Bertz CT molecular complexity index is 46.0. The molecule has 0 rings (SSSR count). The number of rotatable bonds is 2. The third-order valence-electron chi connectivity index (χ3n) is 1.17. The maximum absolute atomic E-state index is 8.47. The third kappa shape index (κ3) is 2.60. The van der Waals surface area contributed by atoms with Crippen LogP contribution in [0.4, 0.5) is 0 Å². The second-order valence-electron chi connectivity index (χ2n) is 2.17. The van der Waals surface area contributed by atoms with Gasteiger partial charge in [-0.3, -0.25) is 0 Å². The third-order valence-corrected chi connectivity index (χ3v) is 1.17. The lowest BCUT2D eigenvalue weighted by Gasteiger charge is -2.17. The molecule has 0 unspecified atom stereocenters. The van der Waals surface area contributed by atoms with Crippen molar-refractivity contribution in [1.29, 1.82) is 0 Å². The van der Waals surface area contributed by atoms with Gasteiger partial charge in [0.25, 0.3) is 0 Å². The van der Waals surface area contributed by atoms with E-state index in [2.05, 4.69) is 0 Å². The van der Waals surface area contributed by atoms with Gasteiger partial charge in [0.15, 0.2) is 0 Å². The molecule has 0 aromatic rings. The van der Waals surface area contributed by atoms with Gasteiger partial charge in [-0.05, 0) is 13.3 Å². The average Bonchev–Trinajstić information content (AvgIpc) is 1.68. The van der Waals surface area contributed by atoms with Crippen LogP contribution in [0.2, 0.25) is 0 Å². The number of aliphatic hydroxyl groups excluding tert-OH is 1. The predicted molar refractivity (Wildman–Crippen MR) is 30.0 cm³/mol. The highest BCUT2D eigenvalue weighted by molar-refractivity contribution is 4.73. The highest BCUT2D eigenvalue weighted by atomic mass is 16.3. The lowest BCUT2D eigenvalue weighted by atomic mass is 10.0. The number of hydrogen-bond donors (Lipinski definition) is 2. The zero-order chi connectivity index (χ0) is 5.91. The molecule has 0 aliphatic carbocycles. The minimum atomic E-state index is -0.361. The number of nitrogens with two attached hydrogens (primary N) is 1. The van der Waals surface area contributed by atoms with E-state index in [0.717, 1.165) is 6.42 Å². The molecule has 0 aliphatic heterocycles. The Morgan fingerprint density at radius 2 is 2.14 bits per heavy atom. The first-order valence-corrected chi connectivity index (χ1v) is 2.52. The van der Waals surface area contributed by atoms with Crippen molar-refractivity contribution in [3.8, 4) is 0 Å². The lowest BCUT2D eigenvalue weighted by Crippen LogP contribution is -2.38. The summed E-state index contributed by atoms with van der Waals surface area (Å²) < 4.78 is 0. The summed E-state index contributed by atoms with van der Waals surface area (Å²) in [7, 11) is 0. The smallest absolute Gasteiger partial charge is 0.0608 e. The molecule has 0 radical (unpaired) electrons. The van der Waals surface area contributed by atoms with Crippen LogP contribution in [0, 0.1) is 0 Å². The normalized spacial score (nSPS) is 18.9. The predicted octanol–water partition coefficient (Wildman–Crippen LogP) is 0.106. The summed E-state index contributed by atoms with van der Waals surface area (Å²) in [5.41, 5.74) is 5.10. The maximum Gasteiger partial charge on any atom is 0.0608 e. The van der Waals surface area contributed by atoms with Crippen LogP contribution in [0.1, 0.15) is 20.3 Å². The molecule has 0 saturated heterocycles. The molecule has 0 aliphatic rings. The summed E-state index contributed by atoms with van der Waals surface area (Å²) in [6.45, 7) is 3.85. The van der Waals surface area contributed by atoms with Gasteiger partial charge in [0.05, 0.1) is 6.61 Å². The number of aliphatic hydroxyl groups is 1. The van der Waals surface area contributed by atoms with Gasteiger partial charge in [-0.25, -0.2) is 0 Å². The van der Waals surface area contributed by atoms with E-state index in [9.17, 15) is 0 Å². The van der Waals surface area contributed by atoms with E-state index in [1.807, 2.05) is 13.8 Å². The molecule has 0 heterocycles. The van der Waals surface area contributed by atoms with Gasteiger partial charge in [0.1, 0.15) is 0 Å². The zero-order valence-electron chi connectivity index (χ0n) is 4.94. The molecule has 2 nitrogen and oxygen atoms in total. The molecular formula is C5H13NO. The fourth-order valence-corrected chi connectivity index (χ4v) is 0.112. The van der Waals surface area contributed by atoms with Gasteiger partial charge >= 0.3 is 0 Å². The van der Waals surface area contributed by atoms with Crippen LogP contribution >= 0.6 is 0 Å². The SMILES string of the molecule is CC[C@](C)(N)CO. The minimum Gasteiger partial charge on any atom is -0.394 e. The Balaban J connectivity index is 3.36. The summed E-state index contributed by atoms with van der Waals surface area (Å²) in [6.07, 6.45) is 0.823. The van der Waals surface area contributed by atoms with Crippen LogP contribution in [0.3, 0.4) is 0 Å². The second kappa shape index (κ2) is 2.28. The average molecular weight is 103 g/mol. The van der Waals surface area contributed by atoms with Crippen molar-refractivity contribution < 1.29 is 5.11 Å². The first kappa shape index (κ1) is 6.92. The highest BCUT2D eigenvalue weighted by Crippen LogP contribution is 2.00. The molecule has 0 amide bonds. The van der Waals surface area contributed by atoms with Gasteiger partial charge in [-0.1, -0.05) is 6.92 Å². The minimum absolute atomic E-state index is 0.0729. The Hall–Kier alpha value is -0.0800. The fourth-order valence-electron chi connectivity index (χ4n) is 0.112. The zero-order valence-corrected chi connectivity index (χ0v) is 4.94. The monoisotopic (exact) mass is 103 g/mol. The topological polar surface area (TPSA) is 46.2 Å². The molecule has 0 saturated carbocycles. The largest absolute Gasteiger partial charge is 0.394 e. The van der Waals surface area contributed by atoms with E-state index in [1.165, 1.54) is 0 Å². The molecular weight excluding hydrogens is 90.1 g/mol.